The molecule has 1 aliphatic heterocycles. The SMILES string of the molecule is Cc1cc(OC(=O)O)cn1Cc1cccc(C(=O)N2CCN(C)CC2)c1. The van der Waals surface area contributed by atoms with E-state index in [1.54, 1.807) is 12.3 Å². The molecule has 1 aromatic carbocycles. The maximum Gasteiger partial charge on any atom is 0.511 e. The first-order valence-electron chi connectivity index (χ1n) is 8.56. The Bertz CT molecular complexity index is 807. The number of carbonyl (C=O) groups excluding carboxylic acids is 1. The number of aryl methyl sites for hydroxylation is 1. The second kappa shape index (κ2) is 7.61. The molecule has 3 rings (SSSR count). The summed E-state index contributed by atoms with van der Waals surface area (Å²) >= 11 is 0. The summed E-state index contributed by atoms with van der Waals surface area (Å²) in [5.74, 6) is 0.346. The van der Waals surface area contributed by atoms with Gasteiger partial charge < -0.3 is 24.2 Å². The van der Waals surface area contributed by atoms with E-state index < -0.39 is 6.16 Å². The van der Waals surface area contributed by atoms with E-state index in [2.05, 4.69) is 11.9 Å². The van der Waals surface area contributed by atoms with Gasteiger partial charge in [0.05, 0.1) is 0 Å². The fourth-order valence-corrected chi connectivity index (χ4v) is 3.10. The molecule has 1 aliphatic rings. The Balaban J connectivity index is 1.72. The van der Waals surface area contributed by atoms with Crippen molar-refractivity contribution in [1.82, 2.24) is 14.4 Å². The molecule has 1 amide bonds. The van der Waals surface area contributed by atoms with Gasteiger partial charge in [-0.2, -0.15) is 0 Å². The fourth-order valence-electron chi connectivity index (χ4n) is 3.10. The van der Waals surface area contributed by atoms with E-state index in [4.69, 9.17) is 9.84 Å². The number of likely N-dealkylation sites (N-methyl/N-ethyl adjacent to an activating group) is 1. The minimum absolute atomic E-state index is 0.0547. The molecule has 0 spiro atoms. The van der Waals surface area contributed by atoms with E-state index in [-0.39, 0.29) is 5.91 Å². The van der Waals surface area contributed by atoms with Gasteiger partial charge >= 0.3 is 6.16 Å². The van der Waals surface area contributed by atoms with Gasteiger partial charge in [0, 0.05) is 56.2 Å². The summed E-state index contributed by atoms with van der Waals surface area (Å²) in [5.41, 5.74) is 2.54. The molecule has 1 aromatic heterocycles. The Morgan fingerprint density at radius 3 is 2.58 bits per heavy atom. The van der Waals surface area contributed by atoms with Crippen molar-refractivity contribution in [3.63, 3.8) is 0 Å². The van der Waals surface area contributed by atoms with Crippen LogP contribution < -0.4 is 4.74 Å². The number of carbonyl (C=O) groups is 2. The second-order valence-electron chi connectivity index (χ2n) is 6.61. The average Bonchev–Trinajstić information content (AvgIpc) is 2.93. The molecule has 0 bridgehead atoms. The van der Waals surface area contributed by atoms with E-state index in [9.17, 15) is 9.59 Å². The van der Waals surface area contributed by atoms with E-state index in [0.29, 0.717) is 17.9 Å². The zero-order valence-electron chi connectivity index (χ0n) is 15.0. The summed E-state index contributed by atoms with van der Waals surface area (Å²) in [6.07, 6.45) is 0.320. The topological polar surface area (TPSA) is 75.0 Å². The van der Waals surface area contributed by atoms with Crippen molar-refractivity contribution < 1.29 is 19.4 Å². The van der Waals surface area contributed by atoms with Crippen molar-refractivity contribution in [2.75, 3.05) is 33.2 Å². The Morgan fingerprint density at radius 1 is 1.15 bits per heavy atom. The van der Waals surface area contributed by atoms with Crippen LogP contribution in [0.15, 0.2) is 36.5 Å². The summed E-state index contributed by atoms with van der Waals surface area (Å²) in [5, 5.41) is 8.72. The molecular weight excluding hydrogens is 334 g/mol. The van der Waals surface area contributed by atoms with Gasteiger partial charge in [-0.25, -0.2) is 4.79 Å². The molecule has 0 saturated carbocycles. The van der Waals surface area contributed by atoms with Crippen LogP contribution in [0.2, 0.25) is 0 Å². The minimum Gasteiger partial charge on any atom is -0.449 e. The number of carboxylic acid groups (broad SMARTS) is 1. The first-order chi connectivity index (χ1) is 12.4. The quantitative estimate of drug-likeness (QED) is 0.850. The lowest BCUT2D eigenvalue weighted by molar-refractivity contribution is 0.0664. The molecule has 138 valence electrons. The van der Waals surface area contributed by atoms with Crippen molar-refractivity contribution >= 4 is 12.1 Å². The number of aromatic nitrogens is 1. The highest BCUT2D eigenvalue weighted by molar-refractivity contribution is 5.94. The highest BCUT2D eigenvalue weighted by atomic mass is 16.7. The van der Waals surface area contributed by atoms with Crippen LogP contribution in [0.1, 0.15) is 21.6 Å². The molecule has 26 heavy (non-hydrogen) atoms. The molecule has 2 heterocycles. The monoisotopic (exact) mass is 357 g/mol. The Kier molecular flexibility index (Phi) is 5.27. The van der Waals surface area contributed by atoms with E-state index >= 15 is 0 Å². The number of rotatable bonds is 4. The highest BCUT2D eigenvalue weighted by Crippen LogP contribution is 2.19. The fraction of sp³-hybridized carbons (Fsp3) is 0.368. The largest absolute Gasteiger partial charge is 0.511 e. The van der Waals surface area contributed by atoms with E-state index in [0.717, 1.165) is 37.4 Å². The third kappa shape index (κ3) is 4.23. The van der Waals surface area contributed by atoms with Gasteiger partial charge in [0.25, 0.3) is 5.91 Å². The van der Waals surface area contributed by atoms with Gasteiger partial charge in [0.2, 0.25) is 0 Å². The maximum absolute atomic E-state index is 12.7. The normalized spacial score (nSPS) is 15.1. The number of benzene rings is 1. The van der Waals surface area contributed by atoms with Crippen molar-refractivity contribution in [1.29, 1.82) is 0 Å². The summed E-state index contributed by atoms with van der Waals surface area (Å²) in [6.45, 7) is 5.69. The van der Waals surface area contributed by atoms with Gasteiger partial charge in [-0.1, -0.05) is 12.1 Å². The number of nitrogens with zero attached hydrogens (tertiary/aromatic N) is 3. The van der Waals surface area contributed by atoms with Crippen LogP contribution in [-0.2, 0) is 6.54 Å². The van der Waals surface area contributed by atoms with E-state index in [1.807, 2.05) is 40.7 Å². The van der Waals surface area contributed by atoms with Crippen molar-refractivity contribution in [3.05, 3.63) is 53.3 Å². The van der Waals surface area contributed by atoms with Crippen LogP contribution >= 0.6 is 0 Å². The molecule has 7 nitrogen and oxygen atoms in total. The minimum atomic E-state index is -1.33. The summed E-state index contributed by atoms with van der Waals surface area (Å²) in [4.78, 5) is 27.5. The Hall–Kier alpha value is -2.80. The smallest absolute Gasteiger partial charge is 0.449 e. The third-order valence-electron chi connectivity index (χ3n) is 4.61. The standard InChI is InChI=1S/C19H23N3O4/c1-14-10-17(26-19(24)25)13-22(14)12-15-4-3-5-16(11-15)18(23)21-8-6-20(2)7-9-21/h3-5,10-11,13H,6-9,12H2,1-2H3,(H,24,25). The van der Waals surface area contributed by atoms with Crippen LogP contribution in [-0.4, -0.2) is 64.8 Å². The van der Waals surface area contributed by atoms with Crippen LogP contribution in [0.5, 0.6) is 5.75 Å². The molecule has 0 aliphatic carbocycles. The summed E-state index contributed by atoms with van der Waals surface area (Å²) < 4.78 is 6.59. The van der Waals surface area contributed by atoms with Crippen molar-refractivity contribution in [3.8, 4) is 5.75 Å². The first kappa shape index (κ1) is 18.0. The van der Waals surface area contributed by atoms with Crippen LogP contribution in [0.4, 0.5) is 4.79 Å². The average molecular weight is 357 g/mol. The van der Waals surface area contributed by atoms with Gasteiger partial charge in [0.1, 0.15) is 0 Å². The van der Waals surface area contributed by atoms with Gasteiger partial charge in [-0.3, -0.25) is 4.79 Å². The predicted molar refractivity (Wildman–Crippen MR) is 96.8 cm³/mol. The molecule has 0 radical (unpaired) electrons. The molecule has 2 aromatic rings. The predicted octanol–water partition coefficient (Wildman–Crippen LogP) is 2.29. The van der Waals surface area contributed by atoms with Crippen LogP contribution in [0.25, 0.3) is 0 Å². The molecule has 0 atom stereocenters. The zero-order valence-corrected chi connectivity index (χ0v) is 15.0. The molecule has 1 N–H and O–H groups in total. The molecule has 1 saturated heterocycles. The number of ether oxygens (including phenoxy) is 1. The lowest BCUT2D eigenvalue weighted by Gasteiger charge is -2.32. The van der Waals surface area contributed by atoms with Crippen molar-refractivity contribution in [2.24, 2.45) is 0 Å². The molecule has 7 heteroatoms. The van der Waals surface area contributed by atoms with E-state index in [1.165, 1.54) is 0 Å². The maximum atomic E-state index is 12.7. The Morgan fingerprint density at radius 2 is 1.88 bits per heavy atom. The van der Waals surface area contributed by atoms with Crippen molar-refractivity contribution in [2.45, 2.75) is 13.5 Å². The number of piperazine rings is 1. The summed E-state index contributed by atoms with van der Waals surface area (Å²) in [6, 6.07) is 9.25. The third-order valence-corrected chi connectivity index (χ3v) is 4.61. The Labute approximate surface area is 152 Å². The van der Waals surface area contributed by atoms with Crippen LogP contribution in [0, 0.1) is 6.92 Å². The zero-order chi connectivity index (χ0) is 18.7. The molecular formula is C19H23N3O4. The first-order valence-corrected chi connectivity index (χ1v) is 8.56. The number of amides is 1. The van der Waals surface area contributed by atoms with Gasteiger partial charge in [-0.15, -0.1) is 0 Å². The van der Waals surface area contributed by atoms with Crippen LogP contribution in [0.3, 0.4) is 0 Å². The second-order valence-corrected chi connectivity index (χ2v) is 6.61. The number of hydrogen-bond donors (Lipinski definition) is 1. The molecule has 0 unspecified atom stereocenters. The molecule has 1 fully saturated rings. The van der Waals surface area contributed by atoms with Gasteiger partial charge in [-0.05, 0) is 31.7 Å². The lowest BCUT2D eigenvalue weighted by Crippen LogP contribution is -2.47. The van der Waals surface area contributed by atoms with Gasteiger partial charge in [0.15, 0.2) is 5.75 Å². The highest BCUT2D eigenvalue weighted by Gasteiger charge is 2.20. The summed E-state index contributed by atoms with van der Waals surface area (Å²) in [7, 11) is 2.06. The number of hydrogen-bond acceptors (Lipinski definition) is 4. The lowest BCUT2D eigenvalue weighted by atomic mass is 10.1.